The fourth-order valence-corrected chi connectivity index (χ4v) is 2.96. The number of hydrogen-bond acceptors (Lipinski definition) is 5. The molecule has 2 aromatic rings. The monoisotopic (exact) mass is 354 g/mol. The van der Waals surface area contributed by atoms with Gasteiger partial charge in [0.2, 0.25) is 5.91 Å². The Morgan fingerprint density at radius 1 is 1.19 bits per heavy atom. The van der Waals surface area contributed by atoms with Crippen molar-refractivity contribution in [2.45, 2.75) is 20.3 Å². The van der Waals surface area contributed by atoms with Crippen molar-refractivity contribution in [2.75, 3.05) is 11.4 Å². The van der Waals surface area contributed by atoms with Crippen LogP contribution in [0, 0.1) is 29.9 Å². The van der Waals surface area contributed by atoms with Gasteiger partial charge in [-0.05, 0) is 43.2 Å². The second-order valence-corrected chi connectivity index (χ2v) is 6.30. The summed E-state index contributed by atoms with van der Waals surface area (Å²) in [7, 11) is 0. The minimum Gasteiger partial charge on any atom is -0.426 e. The number of carbonyl (C=O) groups is 2. The number of nitrogens with zero attached hydrogens (tertiary/aromatic N) is 2. The van der Waals surface area contributed by atoms with Crippen molar-refractivity contribution in [3.05, 3.63) is 63.7 Å². The number of rotatable bonds is 4. The fraction of sp³-hybridized carbons (Fsp3) is 0.263. The predicted octanol–water partition coefficient (Wildman–Crippen LogP) is 3.17. The summed E-state index contributed by atoms with van der Waals surface area (Å²) >= 11 is 0. The smallest absolute Gasteiger partial charge is 0.316 e. The molecule has 0 spiro atoms. The van der Waals surface area contributed by atoms with Crippen LogP contribution < -0.4 is 9.64 Å². The number of esters is 1. The summed E-state index contributed by atoms with van der Waals surface area (Å²) in [4.78, 5) is 36.5. The lowest BCUT2D eigenvalue weighted by atomic mass is 10.1. The molecular weight excluding hydrogens is 336 g/mol. The number of amides is 1. The summed E-state index contributed by atoms with van der Waals surface area (Å²) in [5, 5.41) is 10.7. The van der Waals surface area contributed by atoms with Crippen LogP contribution in [-0.4, -0.2) is 23.3 Å². The zero-order valence-electron chi connectivity index (χ0n) is 14.5. The third-order valence-electron chi connectivity index (χ3n) is 4.59. The van der Waals surface area contributed by atoms with Crippen LogP contribution in [0.5, 0.6) is 5.75 Å². The van der Waals surface area contributed by atoms with E-state index in [9.17, 15) is 19.7 Å². The first-order valence-electron chi connectivity index (χ1n) is 8.19. The molecule has 0 saturated carbocycles. The Bertz CT molecular complexity index is 876. The van der Waals surface area contributed by atoms with Crippen molar-refractivity contribution >= 4 is 23.3 Å². The molecule has 0 N–H and O–H groups in total. The average Bonchev–Trinajstić information content (AvgIpc) is 2.99. The minimum atomic E-state index is -0.572. The van der Waals surface area contributed by atoms with Gasteiger partial charge in [-0.3, -0.25) is 19.7 Å². The van der Waals surface area contributed by atoms with Crippen LogP contribution in [0.1, 0.15) is 17.5 Å². The molecule has 0 bridgehead atoms. The SMILES string of the molecule is Cc1cccc(N2C[C@H](C(=O)Oc3ccc([N+](=O)[O-])cc3)CC2=O)c1C. The molecule has 0 unspecified atom stereocenters. The highest BCUT2D eigenvalue weighted by atomic mass is 16.6. The van der Waals surface area contributed by atoms with E-state index in [0.717, 1.165) is 16.8 Å². The lowest BCUT2D eigenvalue weighted by Gasteiger charge is -2.20. The highest BCUT2D eigenvalue weighted by Crippen LogP contribution is 2.30. The lowest BCUT2D eigenvalue weighted by molar-refractivity contribution is -0.384. The first-order valence-corrected chi connectivity index (χ1v) is 8.19. The van der Waals surface area contributed by atoms with E-state index in [1.165, 1.54) is 24.3 Å². The van der Waals surface area contributed by atoms with E-state index >= 15 is 0 Å². The molecule has 0 radical (unpaired) electrons. The van der Waals surface area contributed by atoms with Crippen molar-refractivity contribution < 1.29 is 19.2 Å². The quantitative estimate of drug-likeness (QED) is 0.364. The summed E-state index contributed by atoms with van der Waals surface area (Å²) in [6.07, 6.45) is 0.0825. The predicted molar refractivity (Wildman–Crippen MR) is 95.1 cm³/mol. The Morgan fingerprint density at radius 3 is 2.54 bits per heavy atom. The third-order valence-corrected chi connectivity index (χ3v) is 4.59. The summed E-state index contributed by atoms with van der Waals surface area (Å²) in [6.45, 7) is 4.18. The average molecular weight is 354 g/mol. The number of anilines is 1. The Morgan fingerprint density at radius 2 is 1.88 bits per heavy atom. The first kappa shape index (κ1) is 17.6. The van der Waals surface area contributed by atoms with Gasteiger partial charge in [-0.2, -0.15) is 0 Å². The summed E-state index contributed by atoms with van der Waals surface area (Å²) in [6, 6.07) is 11.0. The molecule has 1 heterocycles. The van der Waals surface area contributed by atoms with Gasteiger partial charge < -0.3 is 9.64 Å². The summed E-state index contributed by atoms with van der Waals surface area (Å²) in [5.41, 5.74) is 2.81. The molecule has 1 aliphatic rings. The second-order valence-electron chi connectivity index (χ2n) is 6.30. The van der Waals surface area contributed by atoms with Gasteiger partial charge in [0, 0.05) is 30.8 Å². The second kappa shape index (κ2) is 6.95. The fourth-order valence-electron chi connectivity index (χ4n) is 2.96. The van der Waals surface area contributed by atoms with Crippen molar-refractivity contribution in [2.24, 2.45) is 5.92 Å². The van der Waals surface area contributed by atoms with E-state index in [4.69, 9.17) is 4.74 Å². The number of ether oxygens (including phenoxy) is 1. The van der Waals surface area contributed by atoms with E-state index in [1.54, 1.807) is 4.90 Å². The molecule has 7 nitrogen and oxygen atoms in total. The van der Waals surface area contributed by atoms with Gasteiger partial charge in [0.1, 0.15) is 5.75 Å². The Labute approximate surface area is 150 Å². The zero-order chi connectivity index (χ0) is 18.8. The van der Waals surface area contributed by atoms with Crippen molar-refractivity contribution in [1.29, 1.82) is 0 Å². The van der Waals surface area contributed by atoms with Gasteiger partial charge in [0.05, 0.1) is 10.8 Å². The minimum absolute atomic E-state index is 0.0815. The van der Waals surface area contributed by atoms with Crippen LogP contribution >= 0.6 is 0 Å². The molecule has 1 saturated heterocycles. The lowest BCUT2D eigenvalue weighted by Crippen LogP contribution is -2.28. The largest absolute Gasteiger partial charge is 0.426 e. The molecule has 0 aliphatic carbocycles. The highest BCUT2D eigenvalue weighted by molar-refractivity contribution is 6.00. The number of carbonyl (C=O) groups excluding carboxylic acids is 2. The molecular formula is C19H18N2O5. The molecule has 0 aromatic heterocycles. The van der Waals surface area contributed by atoms with Crippen LogP contribution in [0.25, 0.3) is 0 Å². The Hall–Kier alpha value is -3.22. The number of non-ortho nitro benzene ring substituents is 1. The van der Waals surface area contributed by atoms with Crippen molar-refractivity contribution in [3.63, 3.8) is 0 Å². The molecule has 1 amide bonds. The maximum Gasteiger partial charge on any atom is 0.316 e. The van der Waals surface area contributed by atoms with Crippen LogP contribution in [0.3, 0.4) is 0 Å². The van der Waals surface area contributed by atoms with E-state index in [2.05, 4.69) is 0 Å². The van der Waals surface area contributed by atoms with Gasteiger partial charge in [0.15, 0.2) is 0 Å². The van der Waals surface area contributed by atoms with Gasteiger partial charge >= 0.3 is 5.97 Å². The van der Waals surface area contributed by atoms with Crippen LogP contribution in [0.2, 0.25) is 0 Å². The number of hydrogen-bond donors (Lipinski definition) is 0. The molecule has 1 aliphatic heterocycles. The first-order chi connectivity index (χ1) is 12.4. The molecule has 1 atom stereocenters. The Balaban J connectivity index is 1.71. The molecule has 26 heavy (non-hydrogen) atoms. The number of nitro groups is 1. The van der Waals surface area contributed by atoms with Crippen LogP contribution in [0.15, 0.2) is 42.5 Å². The van der Waals surface area contributed by atoms with Crippen molar-refractivity contribution in [3.8, 4) is 5.75 Å². The molecule has 1 fully saturated rings. The maximum absolute atomic E-state index is 12.4. The number of aryl methyl sites for hydroxylation is 1. The van der Waals surface area contributed by atoms with Gasteiger partial charge in [-0.1, -0.05) is 12.1 Å². The summed E-state index contributed by atoms with van der Waals surface area (Å²) < 4.78 is 5.28. The van der Waals surface area contributed by atoms with E-state index in [0.29, 0.717) is 0 Å². The number of nitro benzene ring substituents is 1. The maximum atomic E-state index is 12.4. The standard InChI is InChI=1S/C19H18N2O5/c1-12-4-3-5-17(13(12)2)20-11-14(10-18(20)22)19(23)26-16-8-6-15(7-9-16)21(24)25/h3-9,14H,10-11H2,1-2H3/t14-/m1/s1. The Kier molecular flexibility index (Phi) is 4.71. The summed E-state index contributed by atoms with van der Waals surface area (Å²) in [5.74, 6) is -0.986. The van der Waals surface area contributed by atoms with Gasteiger partial charge in [-0.15, -0.1) is 0 Å². The van der Waals surface area contributed by atoms with Gasteiger partial charge in [0.25, 0.3) is 5.69 Å². The molecule has 134 valence electrons. The van der Waals surface area contributed by atoms with E-state index in [-0.39, 0.29) is 30.3 Å². The van der Waals surface area contributed by atoms with E-state index < -0.39 is 16.8 Å². The zero-order valence-corrected chi connectivity index (χ0v) is 14.5. The van der Waals surface area contributed by atoms with Gasteiger partial charge in [-0.25, -0.2) is 0 Å². The molecule has 3 rings (SSSR count). The molecule has 2 aromatic carbocycles. The third kappa shape index (κ3) is 3.42. The van der Waals surface area contributed by atoms with Crippen LogP contribution in [0.4, 0.5) is 11.4 Å². The van der Waals surface area contributed by atoms with Crippen LogP contribution in [-0.2, 0) is 9.59 Å². The number of benzene rings is 2. The molecule has 7 heteroatoms. The topological polar surface area (TPSA) is 89.8 Å². The van der Waals surface area contributed by atoms with Crippen molar-refractivity contribution in [1.82, 2.24) is 0 Å². The normalized spacial score (nSPS) is 16.6. The van der Waals surface area contributed by atoms with E-state index in [1.807, 2.05) is 32.0 Å². The highest BCUT2D eigenvalue weighted by Gasteiger charge is 2.37.